The number of nitrogens with one attached hydrogen (secondary N) is 1. The first-order valence-corrected chi connectivity index (χ1v) is 12.7. The van der Waals surface area contributed by atoms with Crippen molar-refractivity contribution in [2.24, 2.45) is 5.92 Å². The van der Waals surface area contributed by atoms with E-state index in [1.807, 2.05) is 0 Å². The van der Waals surface area contributed by atoms with Gasteiger partial charge < -0.3 is 5.32 Å². The van der Waals surface area contributed by atoms with Crippen molar-refractivity contribution < 1.29 is 0 Å². The van der Waals surface area contributed by atoms with Crippen molar-refractivity contribution in [3.05, 3.63) is 90.5 Å². The molecule has 0 radical (unpaired) electrons. The van der Waals surface area contributed by atoms with Crippen LogP contribution in [0.25, 0.3) is 0 Å². The summed E-state index contributed by atoms with van der Waals surface area (Å²) in [7, 11) is 4.70. The summed E-state index contributed by atoms with van der Waals surface area (Å²) in [6.45, 7) is 1.04. The van der Waals surface area contributed by atoms with Crippen LogP contribution < -0.4 is 21.2 Å². The molecule has 0 saturated heterocycles. The molecule has 0 heterocycles. The molecule has 150 valence electrons. The van der Waals surface area contributed by atoms with Crippen molar-refractivity contribution in [3.63, 3.8) is 0 Å². The average molecular weight is 419 g/mol. The van der Waals surface area contributed by atoms with Gasteiger partial charge in [-0.25, -0.2) is 0 Å². The Morgan fingerprint density at radius 3 is 2.03 bits per heavy atom. The largest absolute Gasteiger partial charge is 0.319 e. The van der Waals surface area contributed by atoms with Gasteiger partial charge in [0.15, 0.2) is 0 Å². The van der Waals surface area contributed by atoms with Crippen LogP contribution in [0.2, 0.25) is 0 Å². The third-order valence-electron chi connectivity index (χ3n) is 6.27. The summed E-state index contributed by atoms with van der Waals surface area (Å²) in [4.78, 5) is 0. The maximum atomic E-state index is 3.51. The van der Waals surface area contributed by atoms with Crippen LogP contribution in [0.3, 0.4) is 0 Å². The fraction of sp³-hybridized carbons (Fsp3) is 0.308. The average Bonchev–Trinajstić information content (AvgIpc) is 3.23. The highest BCUT2D eigenvalue weighted by molar-refractivity contribution is 7.73. The minimum absolute atomic E-state index is 0.369. The van der Waals surface area contributed by atoms with E-state index < -0.39 is 0 Å². The van der Waals surface area contributed by atoms with Crippen molar-refractivity contribution in [2.75, 3.05) is 13.6 Å². The summed E-state index contributed by atoms with van der Waals surface area (Å²) in [6, 6.07) is 31.5. The van der Waals surface area contributed by atoms with Crippen LogP contribution in [-0.2, 0) is 0 Å². The fourth-order valence-corrected chi connectivity index (χ4v) is 8.68. The highest BCUT2D eigenvalue weighted by atomic mass is 31.1. The van der Waals surface area contributed by atoms with Gasteiger partial charge in [0.05, 0.1) is 0 Å². The van der Waals surface area contributed by atoms with Crippen molar-refractivity contribution in [1.29, 1.82) is 0 Å². The lowest BCUT2D eigenvalue weighted by molar-refractivity contribution is 0.428. The van der Waals surface area contributed by atoms with E-state index in [0.29, 0.717) is 11.8 Å². The zero-order chi connectivity index (χ0) is 20.1. The minimum atomic E-state index is -0.369. The third kappa shape index (κ3) is 4.64. The molecule has 1 saturated carbocycles. The van der Waals surface area contributed by atoms with E-state index >= 15 is 0 Å². The molecular formula is C26H31NP2. The third-order valence-corrected chi connectivity index (χ3v) is 9.81. The summed E-state index contributed by atoms with van der Waals surface area (Å²) in [5.41, 5.74) is 2.22. The number of rotatable bonds is 7. The maximum Gasteiger partial charge on any atom is 0.00202 e. The lowest BCUT2D eigenvalue weighted by Crippen LogP contribution is -2.33. The van der Waals surface area contributed by atoms with E-state index in [1.54, 1.807) is 0 Å². The maximum absolute atomic E-state index is 3.51. The first kappa shape index (κ1) is 20.7. The molecular weight excluding hydrogens is 388 g/mol. The van der Waals surface area contributed by atoms with Gasteiger partial charge in [0, 0.05) is 12.5 Å². The molecule has 3 aromatic carbocycles. The summed E-state index contributed by atoms with van der Waals surface area (Å²) < 4.78 is 0. The predicted octanol–water partition coefficient (Wildman–Crippen LogP) is 4.79. The van der Waals surface area contributed by atoms with Gasteiger partial charge in [-0.15, -0.1) is 9.24 Å². The summed E-state index contributed by atoms with van der Waals surface area (Å²) in [6.07, 6.45) is 4.00. The molecule has 4 rings (SSSR count). The van der Waals surface area contributed by atoms with Crippen LogP contribution in [0.15, 0.2) is 84.9 Å². The number of hydrogen-bond acceptors (Lipinski definition) is 1. The molecule has 0 amide bonds. The molecule has 0 spiro atoms. The van der Waals surface area contributed by atoms with Crippen LogP contribution in [0.4, 0.5) is 0 Å². The number of hydrogen-bond donors (Lipinski definition) is 1. The van der Waals surface area contributed by atoms with Gasteiger partial charge in [0.25, 0.3) is 0 Å². The van der Waals surface area contributed by atoms with Crippen molar-refractivity contribution >= 4 is 33.1 Å². The SMILES string of the molecule is CNC[C@@H](c1ccccc1P)C1CCCC1P(c1ccccc1)c1ccccc1. The Morgan fingerprint density at radius 1 is 0.862 bits per heavy atom. The molecule has 1 nitrogen and oxygen atoms in total. The van der Waals surface area contributed by atoms with Gasteiger partial charge in [-0.1, -0.05) is 91.3 Å². The first-order valence-electron chi connectivity index (χ1n) is 10.7. The normalized spacial score (nSPS) is 20.1. The van der Waals surface area contributed by atoms with Crippen LogP contribution >= 0.6 is 17.2 Å². The highest BCUT2D eigenvalue weighted by Gasteiger charge is 2.40. The molecule has 0 bridgehead atoms. The molecule has 29 heavy (non-hydrogen) atoms. The topological polar surface area (TPSA) is 12.0 Å². The van der Waals surface area contributed by atoms with E-state index in [4.69, 9.17) is 0 Å². The number of likely N-dealkylation sites (N-methyl/N-ethyl adjacent to an activating group) is 1. The van der Waals surface area contributed by atoms with E-state index in [2.05, 4.69) is 107 Å². The predicted molar refractivity (Wildman–Crippen MR) is 133 cm³/mol. The monoisotopic (exact) mass is 419 g/mol. The number of benzene rings is 3. The van der Waals surface area contributed by atoms with Crippen LogP contribution in [-0.4, -0.2) is 19.3 Å². The van der Waals surface area contributed by atoms with Gasteiger partial charge in [0.1, 0.15) is 0 Å². The lowest BCUT2D eigenvalue weighted by atomic mass is 9.84. The molecule has 3 unspecified atom stereocenters. The molecule has 1 N–H and O–H groups in total. The van der Waals surface area contributed by atoms with Gasteiger partial charge in [-0.2, -0.15) is 0 Å². The summed E-state index contributed by atoms with van der Waals surface area (Å²) >= 11 is 0. The molecule has 0 aliphatic heterocycles. The van der Waals surface area contributed by atoms with Gasteiger partial charge >= 0.3 is 0 Å². The van der Waals surface area contributed by atoms with Crippen LogP contribution in [0.5, 0.6) is 0 Å². The molecule has 0 aromatic heterocycles. The van der Waals surface area contributed by atoms with E-state index in [-0.39, 0.29) is 7.92 Å². The van der Waals surface area contributed by atoms with Gasteiger partial charge in [0.2, 0.25) is 0 Å². The Morgan fingerprint density at radius 2 is 1.45 bits per heavy atom. The first-order chi connectivity index (χ1) is 14.3. The second kappa shape index (κ2) is 9.99. The van der Waals surface area contributed by atoms with Crippen molar-refractivity contribution in [2.45, 2.75) is 30.8 Å². The van der Waals surface area contributed by atoms with E-state index in [0.717, 1.165) is 12.2 Å². The Bertz CT molecular complexity index is 857. The molecule has 1 fully saturated rings. The highest BCUT2D eigenvalue weighted by Crippen LogP contribution is 2.53. The zero-order valence-corrected chi connectivity index (χ0v) is 19.2. The zero-order valence-electron chi connectivity index (χ0n) is 17.2. The van der Waals surface area contributed by atoms with E-state index in [9.17, 15) is 0 Å². The summed E-state index contributed by atoms with van der Waals surface area (Å²) in [5, 5.41) is 7.90. The Hall–Kier alpha value is -1.52. The molecule has 1 aliphatic rings. The lowest BCUT2D eigenvalue weighted by Gasteiger charge is -2.35. The molecule has 1 aliphatic carbocycles. The van der Waals surface area contributed by atoms with Gasteiger partial charge in [-0.05, 0) is 60.9 Å². The second-order valence-corrected chi connectivity index (χ2v) is 11.1. The standard InChI is InChI=1S/C26H31NP2/c1-27-19-24(22-15-8-9-17-25(22)28)23-16-10-18-26(23)29(20-11-4-2-5-12-20)21-13-6-3-7-14-21/h2-9,11-15,17,23-24,26-27H,10,16,18-19,28H2,1H3/t23?,24-,26?/m0/s1. The Labute approximate surface area is 179 Å². The fourth-order valence-electron chi connectivity index (χ4n) is 5.03. The quantitative estimate of drug-likeness (QED) is 0.543. The molecule has 3 aromatic rings. The Balaban J connectivity index is 1.75. The van der Waals surface area contributed by atoms with Crippen LogP contribution in [0, 0.1) is 5.92 Å². The van der Waals surface area contributed by atoms with E-state index in [1.165, 1.54) is 40.7 Å². The smallest absolute Gasteiger partial charge is 0.00202 e. The van der Waals surface area contributed by atoms with Crippen LogP contribution in [0.1, 0.15) is 30.7 Å². The Kier molecular flexibility index (Phi) is 7.15. The minimum Gasteiger partial charge on any atom is -0.319 e. The van der Waals surface area contributed by atoms with Crippen molar-refractivity contribution in [3.8, 4) is 0 Å². The summed E-state index contributed by atoms with van der Waals surface area (Å²) in [5.74, 6) is 1.26. The second-order valence-electron chi connectivity index (χ2n) is 8.00. The molecule has 3 heteroatoms. The molecule has 4 atom stereocenters. The van der Waals surface area contributed by atoms with Gasteiger partial charge in [-0.3, -0.25) is 0 Å². The van der Waals surface area contributed by atoms with Crippen molar-refractivity contribution in [1.82, 2.24) is 5.32 Å².